The first kappa shape index (κ1) is 14.5. The Hall–Kier alpha value is -0.870. The van der Waals surface area contributed by atoms with Gasteiger partial charge >= 0.3 is 0 Å². The molecule has 1 heterocycles. The second-order valence-corrected chi connectivity index (χ2v) is 6.98. The molecule has 2 N–H and O–H groups in total. The van der Waals surface area contributed by atoms with Crippen LogP contribution in [0.15, 0.2) is 6.07 Å². The number of fused-ring (bicyclic) bond motifs is 1. The monoisotopic (exact) mass is 280 g/mol. The summed E-state index contributed by atoms with van der Waals surface area (Å²) >= 11 is 1.90. The van der Waals surface area contributed by atoms with E-state index in [1.807, 2.05) is 18.3 Å². The normalized spacial score (nSPS) is 15.6. The van der Waals surface area contributed by atoms with Gasteiger partial charge in [0.25, 0.3) is 0 Å². The van der Waals surface area contributed by atoms with Gasteiger partial charge in [-0.1, -0.05) is 13.8 Å². The molecule has 4 heteroatoms. The molecule has 0 fully saturated rings. The van der Waals surface area contributed by atoms with Crippen LogP contribution in [0.25, 0.3) is 0 Å². The Morgan fingerprint density at radius 2 is 2.16 bits per heavy atom. The number of amides is 1. The van der Waals surface area contributed by atoms with Crippen molar-refractivity contribution in [1.82, 2.24) is 10.6 Å². The highest BCUT2D eigenvalue weighted by Gasteiger charge is 2.16. The largest absolute Gasteiger partial charge is 0.354 e. The number of hydrogen-bond donors (Lipinski definition) is 2. The summed E-state index contributed by atoms with van der Waals surface area (Å²) in [6, 6.07) is 2.18. The zero-order chi connectivity index (χ0) is 13.8. The molecule has 0 aromatic carbocycles. The SMILES string of the molecule is CC(C)CNC(=O)C(C)NCc1cc2c(s1)CCC2. The summed E-state index contributed by atoms with van der Waals surface area (Å²) in [6.45, 7) is 7.68. The van der Waals surface area contributed by atoms with Gasteiger partial charge in [-0.05, 0) is 43.7 Å². The third-order valence-electron chi connectivity index (χ3n) is 3.46. The second kappa shape index (κ2) is 6.53. The molecule has 1 aromatic heterocycles. The summed E-state index contributed by atoms with van der Waals surface area (Å²) in [5.74, 6) is 0.592. The second-order valence-electron chi connectivity index (χ2n) is 5.76. The van der Waals surface area contributed by atoms with Crippen LogP contribution in [0.2, 0.25) is 0 Å². The molecule has 0 bridgehead atoms. The van der Waals surface area contributed by atoms with Gasteiger partial charge in [0.1, 0.15) is 0 Å². The fourth-order valence-electron chi connectivity index (χ4n) is 2.28. The van der Waals surface area contributed by atoms with E-state index in [9.17, 15) is 4.79 Å². The van der Waals surface area contributed by atoms with Crippen LogP contribution in [0.5, 0.6) is 0 Å². The van der Waals surface area contributed by atoms with Crippen LogP contribution >= 0.6 is 11.3 Å². The minimum Gasteiger partial charge on any atom is -0.354 e. The number of carbonyl (C=O) groups excluding carboxylic acids is 1. The van der Waals surface area contributed by atoms with Crippen molar-refractivity contribution in [3.8, 4) is 0 Å². The van der Waals surface area contributed by atoms with E-state index < -0.39 is 0 Å². The van der Waals surface area contributed by atoms with Crippen LogP contribution in [0.1, 0.15) is 42.5 Å². The minimum absolute atomic E-state index is 0.0952. The lowest BCUT2D eigenvalue weighted by Crippen LogP contribution is -2.42. The van der Waals surface area contributed by atoms with E-state index in [1.165, 1.54) is 29.7 Å². The van der Waals surface area contributed by atoms with Crippen LogP contribution in [-0.2, 0) is 24.2 Å². The van der Waals surface area contributed by atoms with Gasteiger partial charge in [0.05, 0.1) is 6.04 Å². The molecule has 0 aliphatic heterocycles. The number of aryl methyl sites for hydroxylation is 2. The number of nitrogens with one attached hydrogen (secondary N) is 2. The highest BCUT2D eigenvalue weighted by atomic mass is 32.1. The number of carbonyl (C=O) groups is 1. The summed E-state index contributed by atoms with van der Waals surface area (Å²) in [4.78, 5) is 14.7. The van der Waals surface area contributed by atoms with Crippen molar-refractivity contribution in [2.75, 3.05) is 6.54 Å². The Morgan fingerprint density at radius 3 is 2.84 bits per heavy atom. The Balaban J connectivity index is 1.76. The molecule has 1 amide bonds. The molecule has 3 nitrogen and oxygen atoms in total. The van der Waals surface area contributed by atoms with E-state index in [2.05, 4.69) is 30.5 Å². The molecule has 0 saturated heterocycles. The fourth-order valence-corrected chi connectivity index (χ4v) is 3.49. The van der Waals surface area contributed by atoms with Gasteiger partial charge in [0, 0.05) is 22.8 Å². The third kappa shape index (κ3) is 4.05. The van der Waals surface area contributed by atoms with Gasteiger partial charge in [-0.2, -0.15) is 0 Å². The third-order valence-corrected chi connectivity index (χ3v) is 4.70. The van der Waals surface area contributed by atoms with Crippen molar-refractivity contribution >= 4 is 17.2 Å². The average Bonchev–Trinajstić information content (AvgIpc) is 2.93. The van der Waals surface area contributed by atoms with Crippen LogP contribution in [-0.4, -0.2) is 18.5 Å². The molecule has 19 heavy (non-hydrogen) atoms. The zero-order valence-corrected chi connectivity index (χ0v) is 12.9. The lowest BCUT2D eigenvalue weighted by Gasteiger charge is -2.14. The summed E-state index contributed by atoms with van der Waals surface area (Å²) in [5, 5.41) is 6.27. The van der Waals surface area contributed by atoms with Crippen LogP contribution in [0, 0.1) is 5.92 Å². The maximum absolute atomic E-state index is 11.8. The maximum atomic E-state index is 11.8. The first-order chi connectivity index (χ1) is 9.06. The highest BCUT2D eigenvalue weighted by molar-refractivity contribution is 7.12. The lowest BCUT2D eigenvalue weighted by atomic mass is 10.2. The molecular weight excluding hydrogens is 256 g/mol. The predicted molar refractivity (Wildman–Crippen MR) is 80.5 cm³/mol. The quantitative estimate of drug-likeness (QED) is 0.840. The number of thiophene rings is 1. The molecule has 0 saturated carbocycles. The van der Waals surface area contributed by atoms with E-state index in [-0.39, 0.29) is 11.9 Å². The highest BCUT2D eigenvalue weighted by Crippen LogP contribution is 2.30. The van der Waals surface area contributed by atoms with E-state index >= 15 is 0 Å². The zero-order valence-electron chi connectivity index (χ0n) is 12.1. The molecule has 106 valence electrons. The molecule has 1 atom stereocenters. The summed E-state index contributed by atoms with van der Waals surface area (Å²) in [5.41, 5.74) is 1.53. The Kier molecular flexibility index (Phi) is 4.99. The molecule has 1 aliphatic rings. The maximum Gasteiger partial charge on any atom is 0.236 e. The topological polar surface area (TPSA) is 41.1 Å². The lowest BCUT2D eigenvalue weighted by molar-refractivity contribution is -0.122. The van der Waals surface area contributed by atoms with E-state index in [0.717, 1.165) is 13.1 Å². The molecule has 1 unspecified atom stereocenters. The van der Waals surface area contributed by atoms with Gasteiger partial charge in [0.2, 0.25) is 5.91 Å². The molecule has 0 radical (unpaired) electrons. The Labute approximate surface area is 119 Å². The summed E-state index contributed by atoms with van der Waals surface area (Å²) in [6.07, 6.45) is 3.78. The van der Waals surface area contributed by atoms with E-state index in [4.69, 9.17) is 0 Å². The first-order valence-electron chi connectivity index (χ1n) is 7.18. The first-order valence-corrected chi connectivity index (χ1v) is 7.99. The predicted octanol–water partition coefficient (Wildman–Crippen LogP) is 2.49. The molecule has 0 spiro atoms. The van der Waals surface area contributed by atoms with Gasteiger partial charge in [-0.25, -0.2) is 0 Å². The molecule has 1 aromatic rings. The van der Waals surface area contributed by atoms with Crippen molar-refractivity contribution in [3.63, 3.8) is 0 Å². The van der Waals surface area contributed by atoms with E-state index in [0.29, 0.717) is 5.92 Å². The van der Waals surface area contributed by atoms with Gasteiger partial charge < -0.3 is 10.6 Å². The van der Waals surface area contributed by atoms with Crippen molar-refractivity contribution < 1.29 is 4.79 Å². The fraction of sp³-hybridized carbons (Fsp3) is 0.667. The van der Waals surface area contributed by atoms with Crippen LogP contribution in [0.3, 0.4) is 0 Å². The average molecular weight is 280 g/mol. The van der Waals surface area contributed by atoms with Crippen molar-refractivity contribution in [2.45, 2.75) is 52.6 Å². The molecular formula is C15H24N2OS. The van der Waals surface area contributed by atoms with Crippen LogP contribution in [0.4, 0.5) is 0 Å². The van der Waals surface area contributed by atoms with Gasteiger partial charge in [-0.3, -0.25) is 4.79 Å². The van der Waals surface area contributed by atoms with E-state index in [1.54, 1.807) is 4.88 Å². The minimum atomic E-state index is -0.129. The number of rotatable bonds is 6. The smallest absolute Gasteiger partial charge is 0.236 e. The van der Waals surface area contributed by atoms with Crippen molar-refractivity contribution in [2.24, 2.45) is 5.92 Å². The van der Waals surface area contributed by atoms with Gasteiger partial charge in [-0.15, -0.1) is 11.3 Å². The summed E-state index contributed by atoms with van der Waals surface area (Å²) in [7, 11) is 0. The number of hydrogen-bond acceptors (Lipinski definition) is 3. The van der Waals surface area contributed by atoms with Crippen LogP contribution < -0.4 is 10.6 Å². The Bertz CT molecular complexity index is 418. The Morgan fingerprint density at radius 1 is 1.37 bits per heavy atom. The standard InChI is InChI=1S/C15H24N2OS/c1-10(2)8-17-15(18)11(3)16-9-13-7-12-5-4-6-14(12)19-13/h7,10-11,16H,4-6,8-9H2,1-3H3,(H,17,18). The summed E-state index contributed by atoms with van der Waals surface area (Å²) < 4.78 is 0. The molecule has 1 aliphatic carbocycles. The van der Waals surface area contributed by atoms with Gasteiger partial charge in [0.15, 0.2) is 0 Å². The van der Waals surface area contributed by atoms with Crippen molar-refractivity contribution in [1.29, 1.82) is 0 Å². The van der Waals surface area contributed by atoms with Crippen molar-refractivity contribution in [3.05, 3.63) is 21.4 Å². The molecule has 2 rings (SSSR count).